The Bertz CT molecular complexity index is 770. The molecule has 0 fully saturated rings. The summed E-state index contributed by atoms with van der Waals surface area (Å²) in [5, 5.41) is 9.50. The maximum Gasteiger partial charge on any atom is 0.164 e. The van der Waals surface area contributed by atoms with Crippen LogP contribution in [0.25, 0.3) is 11.6 Å². The standard InChI is InChI=1S/C21H21NO2/c1-4-9-18-12-16(14-20(24-5-2)21(18)23-3)13-19(15-22)17-10-7-6-8-11-17/h4,6-8,10-14H,1,5,9H2,2-3H3/b19-13+. The van der Waals surface area contributed by atoms with Crippen LogP contribution in [0.15, 0.2) is 55.1 Å². The van der Waals surface area contributed by atoms with Crippen LogP contribution in [0.2, 0.25) is 0 Å². The van der Waals surface area contributed by atoms with Gasteiger partial charge in [0.1, 0.15) is 0 Å². The molecule has 122 valence electrons. The molecule has 0 bridgehead atoms. The van der Waals surface area contributed by atoms with Crippen molar-refractivity contribution in [1.82, 2.24) is 0 Å². The van der Waals surface area contributed by atoms with Crippen LogP contribution >= 0.6 is 0 Å². The summed E-state index contributed by atoms with van der Waals surface area (Å²) >= 11 is 0. The molecular formula is C21H21NO2. The first-order valence-electron chi connectivity index (χ1n) is 7.85. The van der Waals surface area contributed by atoms with Crippen molar-refractivity contribution in [3.63, 3.8) is 0 Å². The second kappa shape index (κ2) is 8.59. The van der Waals surface area contributed by atoms with E-state index >= 15 is 0 Å². The topological polar surface area (TPSA) is 42.2 Å². The van der Waals surface area contributed by atoms with E-state index in [1.807, 2.05) is 61.5 Å². The fourth-order valence-electron chi connectivity index (χ4n) is 2.53. The molecule has 3 nitrogen and oxygen atoms in total. The summed E-state index contributed by atoms with van der Waals surface area (Å²) in [5.74, 6) is 1.39. The molecule has 2 aromatic rings. The average Bonchev–Trinajstić information content (AvgIpc) is 2.61. The molecule has 0 heterocycles. The van der Waals surface area contributed by atoms with Crippen molar-refractivity contribution >= 4 is 11.6 Å². The first kappa shape index (κ1) is 17.4. The van der Waals surface area contributed by atoms with Crippen LogP contribution in [-0.4, -0.2) is 13.7 Å². The molecule has 3 heteroatoms. The Morgan fingerprint density at radius 1 is 1.25 bits per heavy atom. The Morgan fingerprint density at radius 2 is 2.00 bits per heavy atom. The summed E-state index contributed by atoms with van der Waals surface area (Å²) in [5.41, 5.74) is 3.37. The van der Waals surface area contributed by atoms with Crippen LogP contribution in [0.5, 0.6) is 11.5 Å². The number of nitriles is 1. The van der Waals surface area contributed by atoms with Crippen LogP contribution in [0.4, 0.5) is 0 Å². The maximum atomic E-state index is 9.50. The molecule has 0 N–H and O–H groups in total. The van der Waals surface area contributed by atoms with E-state index in [9.17, 15) is 5.26 Å². The molecule has 0 aliphatic rings. The molecule has 24 heavy (non-hydrogen) atoms. The fourth-order valence-corrected chi connectivity index (χ4v) is 2.53. The molecule has 0 aromatic heterocycles. The highest BCUT2D eigenvalue weighted by Crippen LogP contribution is 2.34. The molecule has 0 aliphatic heterocycles. The molecule has 0 radical (unpaired) electrons. The normalized spacial score (nSPS) is 10.8. The van der Waals surface area contributed by atoms with E-state index in [-0.39, 0.29) is 0 Å². The number of benzene rings is 2. The van der Waals surface area contributed by atoms with E-state index in [4.69, 9.17) is 9.47 Å². The van der Waals surface area contributed by atoms with Gasteiger partial charge in [0.2, 0.25) is 0 Å². The van der Waals surface area contributed by atoms with Gasteiger partial charge in [0.15, 0.2) is 11.5 Å². The van der Waals surface area contributed by atoms with Crippen molar-refractivity contribution in [3.8, 4) is 17.6 Å². The number of nitrogens with zero attached hydrogens (tertiary/aromatic N) is 1. The Hall–Kier alpha value is -2.99. The number of ether oxygens (including phenoxy) is 2. The zero-order valence-corrected chi connectivity index (χ0v) is 14.1. The van der Waals surface area contributed by atoms with Gasteiger partial charge in [-0.25, -0.2) is 0 Å². The molecule has 2 aromatic carbocycles. The van der Waals surface area contributed by atoms with E-state index in [0.717, 1.165) is 16.7 Å². The first-order valence-corrected chi connectivity index (χ1v) is 7.85. The largest absolute Gasteiger partial charge is 0.493 e. The number of methoxy groups -OCH3 is 1. The van der Waals surface area contributed by atoms with Gasteiger partial charge in [0, 0.05) is 5.56 Å². The van der Waals surface area contributed by atoms with E-state index < -0.39 is 0 Å². The van der Waals surface area contributed by atoms with Crippen LogP contribution in [0, 0.1) is 11.3 Å². The average molecular weight is 319 g/mol. The smallest absolute Gasteiger partial charge is 0.164 e. The molecular weight excluding hydrogens is 298 g/mol. The molecule has 0 unspecified atom stereocenters. The van der Waals surface area contributed by atoms with Crippen molar-refractivity contribution in [2.24, 2.45) is 0 Å². The highest BCUT2D eigenvalue weighted by atomic mass is 16.5. The highest BCUT2D eigenvalue weighted by Gasteiger charge is 2.12. The summed E-state index contributed by atoms with van der Waals surface area (Å²) in [6, 6.07) is 15.8. The lowest BCUT2D eigenvalue weighted by atomic mass is 10.0. The summed E-state index contributed by atoms with van der Waals surface area (Å²) < 4.78 is 11.2. The predicted octanol–water partition coefficient (Wildman–Crippen LogP) is 4.89. The number of allylic oxidation sites excluding steroid dienone is 2. The predicted molar refractivity (Wildman–Crippen MR) is 98.0 cm³/mol. The lowest BCUT2D eigenvalue weighted by molar-refractivity contribution is 0.309. The number of hydrogen-bond donors (Lipinski definition) is 0. The Labute approximate surface area is 143 Å². The third-order valence-corrected chi connectivity index (χ3v) is 3.54. The third-order valence-electron chi connectivity index (χ3n) is 3.54. The molecule has 0 amide bonds. The second-order valence-corrected chi connectivity index (χ2v) is 5.17. The van der Waals surface area contributed by atoms with Crippen molar-refractivity contribution in [3.05, 3.63) is 71.8 Å². The zero-order chi connectivity index (χ0) is 17.4. The minimum Gasteiger partial charge on any atom is -0.493 e. The monoisotopic (exact) mass is 319 g/mol. The van der Waals surface area contributed by atoms with E-state index in [2.05, 4.69) is 12.6 Å². The highest BCUT2D eigenvalue weighted by molar-refractivity contribution is 5.90. The minimum atomic E-state index is 0.543. The Morgan fingerprint density at radius 3 is 2.58 bits per heavy atom. The van der Waals surface area contributed by atoms with Gasteiger partial charge in [-0.05, 0) is 42.7 Å². The van der Waals surface area contributed by atoms with Gasteiger partial charge in [-0.2, -0.15) is 5.26 Å². The van der Waals surface area contributed by atoms with E-state index in [0.29, 0.717) is 30.1 Å². The lowest BCUT2D eigenvalue weighted by Gasteiger charge is -2.14. The van der Waals surface area contributed by atoms with Crippen molar-refractivity contribution in [2.75, 3.05) is 13.7 Å². The lowest BCUT2D eigenvalue weighted by Crippen LogP contribution is -1.99. The van der Waals surface area contributed by atoms with E-state index in [1.54, 1.807) is 7.11 Å². The summed E-state index contributed by atoms with van der Waals surface area (Å²) in [6.07, 6.45) is 4.35. The summed E-state index contributed by atoms with van der Waals surface area (Å²) in [4.78, 5) is 0. The summed E-state index contributed by atoms with van der Waals surface area (Å²) in [7, 11) is 1.63. The quantitative estimate of drug-likeness (QED) is 0.415. The summed E-state index contributed by atoms with van der Waals surface area (Å²) in [6.45, 7) is 6.27. The molecule has 2 rings (SSSR count). The fraction of sp³-hybridized carbons (Fsp3) is 0.190. The number of hydrogen-bond acceptors (Lipinski definition) is 3. The van der Waals surface area contributed by atoms with Gasteiger partial charge in [-0.15, -0.1) is 6.58 Å². The molecule has 0 atom stereocenters. The number of rotatable bonds is 7. The zero-order valence-electron chi connectivity index (χ0n) is 14.1. The molecule has 0 saturated heterocycles. The van der Waals surface area contributed by atoms with Crippen LogP contribution in [0.3, 0.4) is 0 Å². The van der Waals surface area contributed by atoms with Crippen LogP contribution < -0.4 is 9.47 Å². The first-order chi connectivity index (χ1) is 11.7. The molecule has 0 spiro atoms. The minimum absolute atomic E-state index is 0.543. The second-order valence-electron chi connectivity index (χ2n) is 5.17. The van der Waals surface area contributed by atoms with Crippen molar-refractivity contribution < 1.29 is 9.47 Å². The van der Waals surface area contributed by atoms with Gasteiger partial charge in [0.25, 0.3) is 0 Å². The SMILES string of the molecule is C=CCc1cc(/C=C(\C#N)c2ccccc2)cc(OCC)c1OC. The molecule has 0 saturated carbocycles. The van der Waals surface area contributed by atoms with Crippen molar-refractivity contribution in [1.29, 1.82) is 5.26 Å². The molecule has 0 aliphatic carbocycles. The van der Waals surface area contributed by atoms with E-state index in [1.165, 1.54) is 0 Å². The van der Waals surface area contributed by atoms with Crippen LogP contribution in [0.1, 0.15) is 23.6 Å². The Balaban J connectivity index is 2.55. The van der Waals surface area contributed by atoms with Gasteiger partial charge in [-0.3, -0.25) is 0 Å². The van der Waals surface area contributed by atoms with Crippen LogP contribution in [-0.2, 0) is 6.42 Å². The maximum absolute atomic E-state index is 9.50. The van der Waals surface area contributed by atoms with Crippen molar-refractivity contribution in [2.45, 2.75) is 13.3 Å². The third kappa shape index (κ3) is 4.05. The van der Waals surface area contributed by atoms with Gasteiger partial charge < -0.3 is 9.47 Å². The van der Waals surface area contributed by atoms with Gasteiger partial charge in [0.05, 0.1) is 25.4 Å². The van der Waals surface area contributed by atoms with Gasteiger partial charge in [-0.1, -0.05) is 36.4 Å². The Kier molecular flexibility index (Phi) is 6.22. The van der Waals surface area contributed by atoms with Gasteiger partial charge >= 0.3 is 0 Å².